The lowest BCUT2D eigenvalue weighted by molar-refractivity contribution is -0.161. The van der Waals surface area contributed by atoms with Gasteiger partial charge in [-0.1, -0.05) is 375 Å². The van der Waals surface area contributed by atoms with Crippen molar-refractivity contribution in [2.24, 2.45) is 11.8 Å². The lowest BCUT2D eigenvalue weighted by atomic mass is 10.0. The maximum atomic E-state index is 13.1. The van der Waals surface area contributed by atoms with Crippen molar-refractivity contribution in [1.82, 2.24) is 0 Å². The number of hydrogen-bond donors (Lipinski definition) is 3. The highest BCUT2D eigenvalue weighted by atomic mass is 31.2. The van der Waals surface area contributed by atoms with Crippen LogP contribution in [0.25, 0.3) is 0 Å². The van der Waals surface area contributed by atoms with Crippen molar-refractivity contribution < 1.29 is 80.2 Å². The Bertz CT molecular complexity index is 1920. The topological polar surface area (TPSA) is 237 Å². The first-order valence-corrected chi connectivity index (χ1v) is 45.0. The molecule has 0 fully saturated rings. The Morgan fingerprint density at radius 3 is 0.680 bits per heavy atom. The molecule has 594 valence electrons. The lowest BCUT2D eigenvalue weighted by Gasteiger charge is -2.21. The Morgan fingerprint density at radius 1 is 0.270 bits per heavy atom. The molecule has 0 aromatic heterocycles. The van der Waals surface area contributed by atoms with Gasteiger partial charge >= 0.3 is 39.5 Å². The molecule has 0 heterocycles. The minimum Gasteiger partial charge on any atom is -0.462 e. The van der Waals surface area contributed by atoms with Gasteiger partial charge in [0.15, 0.2) is 12.2 Å². The van der Waals surface area contributed by atoms with E-state index in [9.17, 15) is 43.2 Å². The van der Waals surface area contributed by atoms with Gasteiger partial charge < -0.3 is 33.8 Å². The molecule has 0 aromatic carbocycles. The van der Waals surface area contributed by atoms with Crippen LogP contribution in [0.3, 0.4) is 0 Å². The second-order valence-corrected chi connectivity index (χ2v) is 33.0. The van der Waals surface area contributed by atoms with E-state index >= 15 is 0 Å². The predicted molar refractivity (Wildman–Crippen MR) is 409 cm³/mol. The third-order valence-corrected chi connectivity index (χ3v) is 20.9. The van der Waals surface area contributed by atoms with Gasteiger partial charge in [0.1, 0.15) is 19.3 Å². The van der Waals surface area contributed by atoms with Crippen LogP contribution in [0.15, 0.2) is 0 Å². The van der Waals surface area contributed by atoms with Crippen LogP contribution in [0, 0.1) is 11.8 Å². The number of ether oxygens (including phenoxy) is 4. The highest BCUT2D eigenvalue weighted by Gasteiger charge is 2.30. The number of aliphatic hydroxyl groups is 1. The molecule has 2 unspecified atom stereocenters. The van der Waals surface area contributed by atoms with Crippen LogP contribution in [-0.2, 0) is 65.4 Å². The number of carbonyl (C=O) groups is 4. The van der Waals surface area contributed by atoms with Crippen LogP contribution in [0.2, 0.25) is 0 Å². The molecule has 0 aromatic rings. The number of phosphoric ester groups is 2. The molecule has 17 nitrogen and oxygen atoms in total. The molecule has 0 saturated carbocycles. The summed E-state index contributed by atoms with van der Waals surface area (Å²) in [6.07, 6.45) is 62.3. The third-order valence-electron chi connectivity index (χ3n) is 19.0. The molecular weight excluding hydrogens is 1310 g/mol. The van der Waals surface area contributed by atoms with Gasteiger partial charge in [0, 0.05) is 25.7 Å². The second-order valence-electron chi connectivity index (χ2n) is 30.1. The fraction of sp³-hybridized carbons (Fsp3) is 0.951. The average Bonchev–Trinajstić information content (AvgIpc) is 1.25. The van der Waals surface area contributed by atoms with Gasteiger partial charge in [-0.05, 0) is 37.5 Å². The summed E-state index contributed by atoms with van der Waals surface area (Å²) in [5, 5.41) is 10.6. The summed E-state index contributed by atoms with van der Waals surface area (Å²) in [5.74, 6) is -0.551. The summed E-state index contributed by atoms with van der Waals surface area (Å²) in [5.41, 5.74) is 0. The maximum absolute atomic E-state index is 13.1. The Kier molecular flexibility index (Phi) is 71.2. The van der Waals surface area contributed by atoms with Crippen LogP contribution < -0.4 is 0 Å². The molecular formula is C81H158O17P2. The van der Waals surface area contributed by atoms with Crippen molar-refractivity contribution >= 4 is 39.5 Å². The summed E-state index contributed by atoms with van der Waals surface area (Å²) in [4.78, 5) is 73.0. The zero-order chi connectivity index (χ0) is 73.5. The minimum absolute atomic E-state index is 0.107. The summed E-state index contributed by atoms with van der Waals surface area (Å²) in [6, 6.07) is 0. The smallest absolute Gasteiger partial charge is 0.462 e. The quantitative estimate of drug-likeness (QED) is 0.0222. The fourth-order valence-electron chi connectivity index (χ4n) is 12.5. The Hall–Kier alpha value is -1.94. The van der Waals surface area contributed by atoms with Gasteiger partial charge in [-0.2, -0.15) is 0 Å². The first kappa shape index (κ1) is 98.1. The molecule has 0 saturated heterocycles. The third kappa shape index (κ3) is 74.3. The van der Waals surface area contributed by atoms with Crippen molar-refractivity contribution in [2.45, 2.75) is 445 Å². The maximum Gasteiger partial charge on any atom is 0.472 e. The fourth-order valence-corrected chi connectivity index (χ4v) is 14.1. The molecule has 0 aliphatic heterocycles. The SMILES string of the molecule is CCCCCCCCCCCCCCCCCCCCCC(=O)O[C@H](COC(=O)CCCCCCCCCCCCCCCC(C)C)COP(=O)(O)OC[C@@H](O)COP(=O)(O)OC[C@@H](COC(=O)CCCCCCCCCCCCC)OC(=O)CCCCCCCCCCCCCC(C)C. The molecule has 19 heteroatoms. The number of aliphatic hydroxyl groups excluding tert-OH is 1. The van der Waals surface area contributed by atoms with Crippen molar-refractivity contribution in [1.29, 1.82) is 0 Å². The summed E-state index contributed by atoms with van der Waals surface area (Å²) in [6.45, 7) is 9.65. The van der Waals surface area contributed by atoms with Crippen LogP contribution in [0.1, 0.15) is 427 Å². The van der Waals surface area contributed by atoms with Crippen molar-refractivity contribution in [3.63, 3.8) is 0 Å². The summed E-state index contributed by atoms with van der Waals surface area (Å²) < 4.78 is 68.7. The summed E-state index contributed by atoms with van der Waals surface area (Å²) >= 11 is 0. The van der Waals surface area contributed by atoms with Crippen molar-refractivity contribution in [2.75, 3.05) is 39.6 Å². The van der Waals surface area contributed by atoms with E-state index in [-0.39, 0.29) is 25.7 Å². The number of rotatable bonds is 80. The number of phosphoric acid groups is 2. The Morgan fingerprint density at radius 2 is 0.460 bits per heavy atom. The molecule has 0 rings (SSSR count). The lowest BCUT2D eigenvalue weighted by Crippen LogP contribution is -2.30. The second kappa shape index (κ2) is 72.6. The molecule has 0 bridgehead atoms. The Balaban J connectivity index is 5.25. The van der Waals surface area contributed by atoms with Crippen LogP contribution >= 0.6 is 15.6 Å². The van der Waals surface area contributed by atoms with E-state index < -0.39 is 97.5 Å². The normalized spacial score (nSPS) is 13.9. The molecule has 0 spiro atoms. The minimum atomic E-state index is -4.96. The van der Waals surface area contributed by atoms with E-state index in [1.165, 1.54) is 244 Å². The molecule has 0 amide bonds. The van der Waals surface area contributed by atoms with Crippen LogP contribution in [0.4, 0.5) is 0 Å². The van der Waals surface area contributed by atoms with E-state index in [4.69, 9.17) is 37.0 Å². The number of carbonyl (C=O) groups excluding carboxylic acids is 4. The number of unbranched alkanes of at least 4 members (excludes halogenated alkanes) is 50. The zero-order valence-electron chi connectivity index (χ0n) is 65.5. The van der Waals surface area contributed by atoms with E-state index in [0.717, 1.165) is 102 Å². The zero-order valence-corrected chi connectivity index (χ0v) is 67.3. The molecule has 3 N–H and O–H groups in total. The molecule has 0 aliphatic rings. The van der Waals surface area contributed by atoms with E-state index in [1.807, 2.05) is 0 Å². The first-order valence-electron chi connectivity index (χ1n) is 42.0. The highest BCUT2D eigenvalue weighted by molar-refractivity contribution is 7.47. The highest BCUT2D eigenvalue weighted by Crippen LogP contribution is 2.45. The summed E-state index contributed by atoms with van der Waals surface area (Å²) in [7, 11) is -9.92. The van der Waals surface area contributed by atoms with Gasteiger partial charge in [-0.25, -0.2) is 9.13 Å². The predicted octanol–water partition coefficient (Wildman–Crippen LogP) is 24.3. The van der Waals surface area contributed by atoms with E-state index in [1.54, 1.807) is 0 Å². The van der Waals surface area contributed by atoms with E-state index in [0.29, 0.717) is 25.7 Å². The van der Waals surface area contributed by atoms with Crippen molar-refractivity contribution in [3.05, 3.63) is 0 Å². The number of esters is 4. The largest absolute Gasteiger partial charge is 0.472 e. The van der Waals surface area contributed by atoms with Gasteiger partial charge in [0.05, 0.1) is 26.4 Å². The van der Waals surface area contributed by atoms with Crippen LogP contribution in [0.5, 0.6) is 0 Å². The average molecular weight is 1470 g/mol. The van der Waals surface area contributed by atoms with E-state index in [2.05, 4.69) is 41.5 Å². The molecule has 5 atom stereocenters. The molecule has 0 radical (unpaired) electrons. The van der Waals surface area contributed by atoms with Gasteiger partial charge in [-0.3, -0.25) is 37.3 Å². The standard InChI is InChI=1S/C81H158O17P2/c1-7-9-11-13-15-17-19-20-21-22-23-24-25-28-35-41-47-53-59-65-80(85)97-77(70-92-79(84)64-58-52-46-40-34-29-26-27-32-37-43-49-55-61-73(3)4)72-96-100(89,90)94-68-75(82)67-93-99(87,88)95-71-76(69-91-78(83)63-57-51-45-39-31-18-16-14-12-10-8-2)98-81(86)66-60-54-48-42-36-30-33-38-44-50-56-62-74(5)6/h73-77,82H,7-72H2,1-6H3,(H,87,88)(H,89,90)/t75-,76+,77+/m0/s1. The van der Waals surface area contributed by atoms with Gasteiger partial charge in [0.2, 0.25) is 0 Å². The Labute approximate surface area is 613 Å². The first-order chi connectivity index (χ1) is 48.4. The monoisotopic (exact) mass is 1470 g/mol. The van der Waals surface area contributed by atoms with Gasteiger partial charge in [-0.15, -0.1) is 0 Å². The molecule has 0 aliphatic carbocycles. The van der Waals surface area contributed by atoms with Gasteiger partial charge in [0.25, 0.3) is 0 Å². The number of hydrogen-bond acceptors (Lipinski definition) is 15. The van der Waals surface area contributed by atoms with Crippen molar-refractivity contribution in [3.8, 4) is 0 Å². The molecule has 100 heavy (non-hydrogen) atoms. The van der Waals surface area contributed by atoms with Crippen LogP contribution in [-0.4, -0.2) is 96.7 Å².